The monoisotopic (exact) mass is 349 g/mol. The Morgan fingerprint density at radius 1 is 0.840 bits per heavy atom. The van der Waals surface area contributed by atoms with Crippen molar-refractivity contribution >= 4 is 17.7 Å². The van der Waals surface area contributed by atoms with Gasteiger partial charge in [-0.1, -0.05) is 48.7 Å². The van der Waals surface area contributed by atoms with Crippen LogP contribution in [0.2, 0.25) is 0 Å². The van der Waals surface area contributed by atoms with Crippen LogP contribution < -0.4 is 9.47 Å². The van der Waals surface area contributed by atoms with Crippen LogP contribution >= 0.6 is 11.8 Å². The van der Waals surface area contributed by atoms with Crippen molar-refractivity contribution in [3.05, 3.63) is 91.5 Å². The van der Waals surface area contributed by atoms with Gasteiger partial charge in [0.25, 0.3) is 0 Å². The van der Waals surface area contributed by atoms with Crippen LogP contribution in [-0.4, -0.2) is 10.8 Å². The molecule has 0 amide bonds. The van der Waals surface area contributed by atoms with E-state index in [0.717, 1.165) is 21.3 Å². The first kappa shape index (κ1) is 16.9. The minimum absolute atomic E-state index is 0.220. The average Bonchev–Trinajstić information content (AvgIpc) is 2.65. The molecule has 3 nitrogen and oxygen atoms in total. The highest BCUT2D eigenvalue weighted by molar-refractivity contribution is 7.99. The zero-order valence-corrected chi connectivity index (χ0v) is 14.3. The second-order valence-corrected chi connectivity index (χ2v) is 6.20. The Balaban J connectivity index is 1.74. The predicted octanol–water partition coefficient (Wildman–Crippen LogP) is 5.70. The smallest absolute Gasteiger partial charge is 0.456 e. The average molecular weight is 349 g/mol. The van der Waals surface area contributed by atoms with E-state index in [9.17, 15) is 4.79 Å². The van der Waals surface area contributed by atoms with Crippen LogP contribution in [0.25, 0.3) is 0 Å². The van der Waals surface area contributed by atoms with Crippen LogP contribution in [0.4, 0.5) is 0 Å². The highest BCUT2D eigenvalue weighted by Crippen LogP contribution is 2.37. The maximum Gasteiger partial charge on any atom is 0.515 e. The molecule has 0 saturated heterocycles. The zero-order chi connectivity index (χ0) is 17.5. The Morgan fingerprint density at radius 2 is 1.52 bits per heavy atom. The molecular weight excluding hydrogens is 332 g/mol. The summed E-state index contributed by atoms with van der Waals surface area (Å²) >= 11 is 1.60. The third kappa shape index (κ3) is 4.75. The van der Waals surface area contributed by atoms with Gasteiger partial charge in [-0.15, -0.1) is 0 Å². The summed E-state index contributed by atoms with van der Waals surface area (Å²) < 4.78 is 11.2. The quantitative estimate of drug-likeness (QED) is 0.248. The van der Waals surface area contributed by atoms with Crippen LogP contribution in [-0.2, 0) is 0 Å². The molecule has 0 aliphatic carbocycles. The molecule has 0 saturated carbocycles. The molecule has 0 unspecified atom stereocenters. The van der Waals surface area contributed by atoms with E-state index in [4.69, 9.17) is 9.47 Å². The van der Waals surface area contributed by atoms with Gasteiger partial charge >= 0.3 is 5.97 Å². The van der Waals surface area contributed by atoms with E-state index >= 15 is 0 Å². The fourth-order valence-corrected chi connectivity index (χ4v) is 2.98. The summed E-state index contributed by atoms with van der Waals surface area (Å²) in [4.78, 5) is 11.4. The van der Waals surface area contributed by atoms with Crippen molar-refractivity contribution < 1.29 is 14.3 Å². The molecule has 0 fully saturated rings. The third-order valence-corrected chi connectivity index (χ3v) is 4.33. The third-order valence-electron chi connectivity index (χ3n) is 3.27. The van der Waals surface area contributed by atoms with Gasteiger partial charge in [0.15, 0.2) is 0 Å². The van der Waals surface area contributed by atoms with Crippen molar-refractivity contribution in [2.24, 2.45) is 0 Å². The van der Waals surface area contributed by atoms with Crippen molar-refractivity contribution in [2.75, 3.05) is 0 Å². The van der Waals surface area contributed by atoms with Crippen LogP contribution in [0.1, 0.15) is 0 Å². The van der Waals surface area contributed by atoms with Gasteiger partial charge in [0.05, 0.1) is 11.0 Å². The van der Waals surface area contributed by atoms with Crippen LogP contribution in [0.15, 0.2) is 101 Å². The molecule has 0 spiro atoms. The summed E-state index contributed by atoms with van der Waals surface area (Å²) in [5, 5.41) is 0. The molecule has 1 N–H and O–H groups in total. The summed E-state index contributed by atoms with van der Waals surface area (Å²) in [6, 6.07) is 25.0. The van der Waals surface area contributed by atoms with Gasteiger partial charge < -0.3 is 9.53 Å². The largest absolute Gasteiger partial charge is 0.515 e. The first-order chi connectivity index (χ1) is 12.2. The minimum atomic E-state index is -0.220. The van der Waals surface area contributed by atoms with Crippen molar-refractivity contribution in [1.29, 1.82) is 0 Å². The molecule has 4 heteroatoms. The summed E-state index contributed by atoms with van der Waals surface area (Å²) in [6.07, 6.45) is 1.25. The molecule has 0 heterocycles. The number of benzene rings is 3. The lowest BCUT2D eigenvalue weighted by atomic mass is 10.3. The Bertz CT molecular complexity index is 858. The number of ether oxygens (including phenoxy) is 2. The van der Waals surface area contributed by atoms with E-state index < -0.39 is 0 Å². The number of esters is 1. The predicted molar refractivity (Wildman–Crippen MR) is 101 cm³/mol. The standard InChI is InChI=1S/C21H16O3S/c1-2-21(22)24-17-12-14-18(15-13-17)25-20-11-7-6-10-19(20)23-16-8-4-3-5-9-16/h2-15H,1H2/p+1. The van der Waals surface area contributed by atoms with Gasteiger partial charge in [-0.05, 0) is 36.4 Å². The first-order valence-electron chi connectivity index (χ1n) is 7.70. The molecule has 0 aromatic heterocycles. The van der Waals surface area contributed by atoms with E-state index in [-0.39, 0.29) is 5.97 Å². The van der Waals surface area contributed by atoms with Gasteiger partial charge in [-0.25, -0.2) is 0 Å². The van der Waals surface area contributed by atoms with Gasteiger partial charge in [0.2, 0.25) is 5.75 Å². The second-order valence-electron chi connectivity index (χ2n) is 5.08. The summed E-state index contributed by atoms with van der Waals surface area (Å²) in [5.74, 6) is 1.93. The molecule has 0 radical (unpaired) electrons. The fourth-order valence-electron chi connectivity index (χ4n) is 2.10. The SMILES string of the molecule is C=CC(=[OH+])Oc1ccc(Sc2ccccc2Oc2ccccc2)cc1. The lowest BCUT2D eigenvalue weighted by molar-refractivity contribution is 0.471. The number of hydrogen-bond donors (Lipinski definition) is 0. The topological polar surface area (TPSA) is 39.9 Å². The zero-order valence-electron chi connectivity index (χ0n) is 13.5. The van der Waals surface area contributed by atoms with Crippen molar-refractivity contribution in [3.63, 3.8) is 0 Å². The Hall–Kier alpha value is -2.98. The normalized spacial score (nSPS) is 10.1. The maximum absolute atomic E-state index is 9.35. The molecular formula is C21H17O3S+. The number of hydrogen-bond acceptors (Lipinski definition) is 3. The number of rotatable bonds is 6. The van der Waals surface area contributed by atoms with Crippen LogP contribution in [0.5, 0.6) is 17.2 Å². The number of carbonyl (C=O) groups excluding carboxylic acids is 1. The Labute approximate surface area is 150 Å². The van der Waals surface area contributed by atoms with Crippen molar-refractivity contribution in [2.45, 2.75) is 9.79 Å². The molecule has 0 aliphatic rings. The Kier molecular flexibility index (Phi) is 5.54. The maximum atomic E-state index is 9.35. The van der Waals surface area contributed by atoms with Crippen LogP contribution in [0.3, 0.4) is 0 Å². The molecule has 0 bridgehead atoms. The summed E-state index contributed by atoms with van der Waals surface area (Å²) in [7, 11) is 0. The number of para-hydroxylation sites is 2. The molecule has 3 rings (SSSR count). The van der Waals surface area contributed by atoms with Crippen molar-refractivity contribution in [3.8, 4) is 17.2 Å². The molecule has 0 atom stereocenters. The molecule has 0 aliphatic heterocycles. The highest BCUT2D eigenvalue weighted by atomic mass is 32.2. The van der Waals surface area contributed by atoms with E-state index in [0.29, 0.717) is 5.75 Å². The van der Waals surface area contributed by atoms with Crippen molar-refractivity contribution in [1.82, 2.24) is 0 Å². The van der Waals surface area contributed by atoms with Crippen LogP contribution in [0, 0.1) is 0 Å². The van der Waals surface area contributed by atoms with E-state index in [2.05, 4.69) is 6.58 Å². The van der Waals surface area contributed by atoms with E-state index in [1.807, 2.05) is 66.7 Å². The summed E-state index contributed by atoms with van der Waals surface area (Å²) in [6.45, 7) is 3.44. The lowest BCUT2D eigenvalue weighted by Gasteiger charge is -2.10. The highest BCUT2D eigenvalue weighted by Gasteiger charge is 2.10. The first-order valence-corrected chi connectivity index (χ1v) is 8.52. The molecule has 3 aromatic rings. The lowest BCUT2D eigenvalue weighted by Crippen LogP contribution is -2.03. The molecule has 124 valence electrons. The van der Waals surface area contributed by atoms with E-state index in [1.54, 1.807) is 23.9 Å². The second kappa shape index (κ2) is 8.22. The van der Waals surface area contributed by atoms with Gasteiger partial charge in [0, 0.05) is 17.0 Å². The molecule has 25 heavy (non-hydrogen) atoms. The Morgan fingerprint density at radius 3 is 2.24 bits per heavy atom. The molecule has 3 aromatic carbocycles. The minimum Gasteiger partial charge on any atom is -0.456 e. The van der Waals surface area contributed by atoms with Gasteiger partial charge in [0.1, 0.15) is 11.5 Å². The summed E-state index contributed by atoms with van der Waals surface area (Å²) in [5.41, 5.74) is 0. The van der Waals surface area contributed by atoms with Gasteiger partial charge in [-0.2, -0.15) is 0 Å². The fraction of sp³-hybridized carbons (Fsp3) is 0. The van der Waals surface area contributed by atoms with E-state index in [1.165, 1.54) is 6.08 Å². The van der Waals surface area contributed by atoms with Gasteiger partial charge in [-0.3, -0.25) is 4.74 Å².